The van der Waals surface area contributed by atoms with Gasteiger partial charge in [0, 0.05) is 20.2 Å². The molecule has 1 fully saturated rings. The van der Waals surface area contributed by atoms with E-state index in [1.807, 2.05) is 18.2 Å². The first-order chi connectivity index (χ1) is 8.31. The van der Waals surface area contributed by atoms with Crippen LogP contribution < -0.4 is 5.32 Å². The molecule has 1 aliphatic heterocycles. The maximum atomic E-state index is 5.52. The Bertz CT molecular complexity index is 372. The Labute approximate surface area is 112 Å². The third-order valence-corrected chi connectivity index (χ3v) is 4.31. The number of benzene rings is 1. The maximum absolute atomic E-state index is 5.52. The summed E-state index contributed by atoms with van der Waals surface area (Å²) in [7, 11) is 1.73. The molecule has 1 heterocycles. The van der Waals surface area contributed by atoms with Crippen LogP contribution in [0.2, 0.25) is 0 Å². The van der Waals surface area contributed by atoms with Gasteiger partial charge < -0.3 is 10.1 Å². The standard InChI is InChI=1S/C12H16N2OS2/c1-15-11(10-6-3-2-4-7-10)17-14-9-5-8-13-12(14)16/h2-4,6-7,11H,5,8-9H2,1H3,(H,13,16). The highest BCUT2D eigenvalue weighted by Crippen LogP contribution is 2.32. The average molecular weight is 268 g/mol. The Balaban J connectivity index is 2.02. The highest BCUT2D eigenvalue weighted by molar-refractivity contribution is 7.98. The van der Waals surface area contributed by atoms with Crippen molar-refractivity contribution in [2.75, 3.05) is 20.2 Å². The largest absolute Gasteiger partial charge is 0.364 e. The van der Waals surface area contributed by atoms with Gasteiger partial charge in [-0.15, -0.1) is 0 Å². The van der Waals surface area contributed by atoms with Gasteiger partial charge >= 0.3 is 0 Å². The van der Waals surface area contributed by atoms with E-state index in [-0.39, 0.29) is 5.44 Å². The van der Waals surface area contributed by atoms with Gasteiger partial charge in [0.25, 0.3) is 0 Å². The number of thiocarbonyl (C=S) groups is 1. The Kier molecular flexibility index (Phi) is 4.65. The molecule has 0 radical (unpaired) electrons. The SMILES string of the molecule is COC(SN1CCCNC1=S)c1ccccc1. The van der Waals surface area contributed by atoms with Gasteiger partial charge in [0.15, 0.2) is 5.11 Å². The number of nitrogens with zero attached hydrogens (tertiary/aromatic N) is 1. The summed E-state index contributed by atoms with van der Waals surface area (Å²) in [6.07, 6.45) is 1.11. The lowest BCUT2D eigenvalue weighted by Gasteiger charge is -2.31. The molecule has 0 spiro atoms. The number of methoxy groups -OCH3 is 1. The van der Waals surface area contributed by atoms with E-state index >= 15 is 0 Å². The first-order valence-corrected chi connectivity index (χ1v) is 6.85. The van der Waals surface area contributed by atoms with Crippen LogP contribution in [0.3, 0.4) is 0 Å². The average Bonchev–Trinajstić information content (AvgIpc) is 2.39. The summed E-state index contributed by atoms with van der Waals surface area (Å²) in [5.74, 6) is 0. The van der Waals surface area contributed by atoms with Crippen LogP contribution in [-0.2, 0) is 4.74 Å². The van der Waals surface area contributed by atoms with Gasteiger partial charge in [-0.1, -0.05) is 30.3 Å². The smallest absolute Gasteiger partial charge is 0.179 e. The predicted molar refractivity (Wildman–Crippen MR) is 75.7 cm³/mol. The molecular weight excluding hydrogens is 252 g/mol. The molecule has 0 saturated carbocycles. The molecule has 1 N–H and O–H groups in total. The second-order valence-electron chi connectivity index (χ2n) is 3.77. The van der Waals surface area contributed by atoms with Crippen molar-refractivity contribution in [2.24, 2.45) is 0 Å². The van der Waals surface area contributed by atoms with Gasteiger partial charge in [-0.05, 0) is 36.2 Å². The Morgan fingerprint density at radius 1 is 1.41 bits per heavy atom. The molecule has 0 amide bonds. The molecule has 1 unspecified atom stereocenters. The van der Waals surface area contributed by atoms with E-state index in [0.717, 1.165) is 30.2 Å². The molecule has 1 aliphatic rings. The zero-order valence-electron chi connectivity index (χ0n) is 9.76. The summed E-state index contributed by atoms with van der Waals surface area (Å²) in [5.41, 5.74) is 1.16. The molecule has 0 bridgehead atoms. The van der Waals surface area contributed by atoms with Crippen LogP contribution in [0.4, 0.5) is 0 Å². The van der Waals surface area contributed by atoms with Gasteiger partial charge in [-0.25, -0.2) is 0 Å². The van der Waals surface area contributed by atoms with Crippen molar-refractivity contribution in [3.63, 3.8) is 0 Å². The highest BCUT2D eigenvalue weighted by atomic mass is 32.2. The van der Waals surface area contributed by atoms with E-state index in [9.17, 15) is 0 Å². The lowest BCUT2D eigenvalue weighted by Crippen LogP contribution is -2.42. The maximum Gasteiger partial charge on any atom is 0.179 e. The minimum atomic E-state index is -0.00551. The van der Waals surface area contributed by atoms with Crippen molar-refractivity contribution < 1.29 is 4.74 Å². The summed E-state index contributed by atoms with van der Waals surface area (Å²) in [6, 6.07) is 10.2. The number of rotatable bonds is 4. The van der Waals surface area contributed by atoms with Crippen LogP contribution >= 0.6 is 24.2 Å². The minimum absolute atomic E-state index is 0.00551. The fraction of sp³-hybridized carbons (Fsp3) is 0.417. The first-order valence-electron chi connectivity index (χ1n) is 5.61. The van der Waals surface area contributed by atoms with Crippen molar-refractivity contribution in [1.29, 1.82) is 0 Å². The van der Waals surface area contributed by atoms with E-state index in [0.29, 0.717) is 0 Å². The van der Waals surface area contributed by atoms with E-state index in [2.05, 4.69) is 21.8 Å². The second-order valence-corrected chi connectivity index (χ2v) is 5.24. The zero-order valence-corrected chi connectivity index (χ0v) is 11.4. The number of ether oxygens (including phenoxy) is 1. The van der Waals surface area contributed by atoms with Crippen molar-refractivity contribution >= 4 is 29.3 Å². The van der Waals surface area contributed by atoms with Gasteiger partial charge in [-0.2, -0.15) is 0 Å². The lowest BCUT2D eigenvalue weighted by atomic mass is 10.2. The van der Waals surface area contributed by atoms with Crippen molar-refractivity contribution in [3.8, 4) is 0 Å². The molecule has 17 heavy (non-hydrogen) atoms. The van der Waals surface area contributed by atoms with Gasteiger partial charge in [0.1, 0.15) is 5.44 Å². The van der Waals surface area contributed by atoms with Crippen LogP contribution in [0.5, 0.6) is 0 Å². The molecule has 3 nitrogen and oxygen atoms in total. The predicted octanol–water partition coefficient (Wildman–Crippen LogP) is 2.56. The summed E-state index contributed by atoms with van der Waals surface area (Å²) < 4.78 is 7.62. The first kappa shape index (κ1) is 12.7. The fourth-order valence-electron chi connectivity index (χ4n) is 1.67. The number of nitrogens with one attached hydrogen (secondary N) is 1. The van der Waals surface area contributed by atoms with Crippen LogP contribution in [0.15, 0.2) is 30.3 Å². The minimum Gasteiger partial charge on any atom is -0.364 e. The van der Waals surface area contributed by atoms with E-state index in [1.165, 1.54) is 0 Å². The third-order valence-electron chi connectivity index (χ3n) is 2.55. The van der Waals surface area contributed by atoms with E-state index in [4.69, 9.17) is 17.0 Å². The number of hydrogen-bond donors (Lipinski definition) is 1. The lowest BCUT2D eigenvalue weighted by molar-refractivity contribution is 0.173. The third kappa shape index (κ3) is 3.34. The van der Waals surface area contributed by atoms with E-state index in [1.54, 1.807) is 19.1 Å². The summed E-state index contributed by atoms with van der Waals surface area (Å²) in [5, 5.41) is 4.00. The molecule has 1 aromatic rings. The fourth-order valence-corrected chi connectivity index (χ4v) is 2.99. The van der Waals surface area contributed by atoms with Crippen molar-refractivity contribution in [3.05, 3.63) is 35.9 Å². The van der Waals surface area contributed by atoms with Gasteiger partial charge in [-0.3, -0.25) is 4.31 Å². The van der Waals surface area contributed by atoms with Crippen LogP contribution in [0.25, 0.3) is 0 Å². The molecule has 0 aliphatic carbocycles. The number of hydrogen-bond acceptors (Lipinski definition) is 3. The molecule has 5 heteroatoms. The van der Waals surface area contributed by atoms with Crippen LogP contribution in [0, 0.1) is 0 Å². The van der Waals surface area contributed by atoms with Crippen LogP contribution in [0.1, 0.15) is 17.4 Å². The molecule has 2 rings (SSSR count). The summed E-state index contributed by atoms with van der Waals surface area (Å²) in [4.78, 5) is 0. The zero-order chi connectivity index (χ0) is 12.1. The van der Waals surface area contributed by atoms with Crippen molar-refractivity contribution in [2.45, 2.75) is 11.9 Å². The van der Waals surface area contributed by atoms with Gasteiger partial charge in [0.2, 0.25) is 0 Å². The molecule has 1 atom stereocenters. The van der Waals surface area contributed by atoms with Gasteiger partial charge in [0.05, 0.1) is 0 Å². The Morgan fingerprint density at radius 2 is 2.18 bits per heavy atom. The topological polar surface area (TPSA) is 24.5 Å². The normalized spacial score (nSPS) is 17.7. The van der Waals surface area contributed by atoms with Crippen LogP contribution in [-0.4, -0.2) is 29.6 Å². The Morgan fingerprint density at radius 3 is 2.82 bits per heavy atom. The molecule has 92 valence electrons. The highest BCUT2D eigenvalue weighted by Gasteiger charge is 2.20. The molecule has 1 aromatic carbocycles. The quantitative estimate of drug-likeness (QED) is 0.514. The Hall–Kier alpha value is -0.780. The van der Waals surface area contributed by atoms with E-state index < -0.39 is 0 Å². The summed E-state index contributed by atoms with van der Waals surface area (Å²) in [6.45, 7) is 1.95. The summed E-state index contributed by atoms with van der Waals surface area (Å²) >= 11 is 6.92. The monoisotopic (exact) mass is 268 g/mol. The molecule has 1 saturated heterocycles. The van der Waals surface area contributed by atoms with Crippen molar-refractivity contribution in [1.82, 2.24) is 9.62 Å². The second kappa shape index (κ2) is 6.23. The molecule has 0 aromatic heterocycles. The molecular formula is C12H16N2OS2.